The van der Waals surface area contributed by atoms with E-state index in [4.69, 9.17) is 17.4 Å². The first kappa shape index (κ1) is 16.0. The van der Waals surface area contributed by atoms with Crippen LogP contribution in [0.3, 0.4) is 0 Å². The topological polar surface area (TPSA) is 38.0 Å². The molecule has 0 aliphatic carbocycles. The minimum absolute atomic E-state index is 0.0791. The van der Waals surface area contributed by atoms with Gasteiger partial charge in [0.05, 0.1) is 6.04 Å². The van der Waals surface area contributed by atoms with Gasteiger partial charge >= 0.3 is 0 Å². The number of nitrogens with one attached hydrogen (secondary N) is 1. The Bertz CT molecular complexity index is 618. The summed E-state index contributed by atoms with van der Waals surface area (Å²) >= 11 is 5.79. The third kappa shape index (κ3) is 3.62. The molecular weight excluding hydrogens is 287 g/mol. The fraction of sp³-hybridized carbons (Fsp3) is 0.294. The van der Waals surface area contributed by atoms with E-state index in [1.165, 1.54) is 11.6 Å². The van der Waals surface area contributed by atoms with Gasteiger partial charge in [-0.3, -0.25) is 5.84 Å². The van der Waals surface area contributed by atoms with E-state index in [1.54, 1.807) is 12.1 Å². The molecule has 0 amide bonds. The lowest BCUT2D eigenvalue weighted by atomic mass is 9.86. The van der Waals surface area contributed by atoms with Crippen LogP contribution in [0.1, 0.15) is 43.5 Å². The number of rotatable bonds is 3. The van der Waals surface area contributed by atoms with E-state index in [0.29, 0.717) is 10.6 Å². The van der Waals surface area contributed by atoms with Crippen LogP contribution >= 0.6 is 11.6 Å². The molecule has 21 heavy (non-hydrogen) atoms. The van der Waals surface area contributed by atoms with Gasteiger partial charge in [0.1, 0.15) is 5.82 Å². The summed E-state index contributed by atoms with van der Waals surface area (Å²) in [6.45, 7) is 6.46. The van der Waals surface area contributed by atoms with Gasteiger partial charge in [0.25, 0.3) is 0 Å². The molecule has 0 bridgehead atoms. The van der Waals surface area contributed by atoms with Gasteiger partial charge in [0, 0.05) is 10.6 Å². The van der Waals surface area contributed by atoms with E-state index in [2.05, 4.69) is 26.2 Å². The Morgan fingerprint density at radius 1 is 1.10 bits per heavy atom. The molecule has 0 spiro atoms. The summed E-state index contributed by atoms with van der Waals surface area (Å²) in [5, 5.41) is 0.370. The Morgan fingerprint density at radius 3 is 2.19 bits per heavy atom. The van der Waals surface area contributed by atoms with E-state index in [1.807, 2.05) is 24.3 Å². The lowest BCUT2D eigenvalue weighted by molar-refractivity contribution is 0.558. The summed E-state index contributed by atoms with van der Waals surface area (Å²) in [6.07, 6.45) is 0. The summed E-state index contributed by atoms with van der Waals surface area (Å²) < 4.78 is 14.1. The van der Waals surface area contributed by atoms with Crippen molar-refractivity contribution in [3.05, 3.63) is 70.0 Å². The summed E-state index contributed by atoms with van der Waals surface area (Å²) in [5.74, 6) is 5.25. The molecule has 0 radical (unpaired) electrons. The molecule has 1 unspecified atom stereocenters. The van der Waals surface area contributed by atoms with Crippen LogP contribution in [0, 0.1) is 5.82 Å². The molecule has 112 valence electrons. The SMILES string of the molecule is CC(C)(C)c1ccc(C(NN)c2ccc(Cl)cc2F)cc1. The highest BCUT2D eigenvalue weighted by molar-refractivity contribution is 6.30. The summed E-state index contributed by atoms with van der Waals surface area (Å²) in [7, 11) is 0. The average molecular weight is 307 g/mol. The minimum atomic E-state index is -0.406. The zero-order valence-corrected chi connectivity index (χ0v) is 13.2. The summed E-state index contributed by atoms with van der Waals surface area (Å²) in [4.78, 5) is 0. The number of benzene rings is 2. The molecular formula is C17H20ClFN2. The van der Waals surface area contributed by atoms with Gasteiger partial charge in [0.15, 0.2) is 0 Å². The van der Waals surface area contributed by atoms with Crippen molar-refractivity contribution in [2.24, 2.45) is 5.84 Å². The van der Waals surface area contributed by atoms with Crippen molar-refractivity contribution in [3.63, 3.8) is 0 Å². The highest BCUT2D eigenvalue weighted by Crippen LogP contribution is 2.28. The van der Waals surface area contributed by atoms with Gasteiger partial charge in [-0.05, 0) is 28.7 Å². The molecule has 2 nitrogen and oxygen atoms in total. The first-order valence-electron chi connectivity index (χ1n) is 6.84. The second kappa shape index (κ2) is 6.14. The van der Waals surface area contributed by atoms with E-state index in [-0.39, 0.29) is 11.2 Å². The maximum Gasteiger partial charge on any atom is 0.129 e. The van der Waals surface area contributed by atoms with Crippen LogP contribution in [0.15, 0.2) is 42.5 Å². The molecule has 0 heterocycles. The molecule has 2 aromatic rings. The van der Waals surface area contributed by atoms with Crippen molar-refractivity contribution in [1.82, 2.24) is 5.43 Å². The Labute approximate surface area is 130 Å². The largest absolute Gasteiger partial charge is 0.271 e. The molecule has 0 aliphatic rings. The maximum absolute atomic E-state index is 14.1. The molecule has 4 heteroatoms. The molecule has 2 rings (SSSR count). The van der Waals surface area contributed by atoms with Gasteiger partial charge in [-0.25, -0.2) is 9.82 Å². The van der Waals surface area contributed by atoms with E-state index in [0.717, 1.165) is 5.56 Å². The highest BCUT2D eigenvalue weighted by atomic mass is 35.5. The van der Waals surface area contributed by atoms with Gasteiger partial charge in [-0.1, -0.05) is 62.7 Å². The van der Waals surface area contributed by atoms with E-state index >= 15 is 0 Å². The third-order valence-electron chi connectivity index (χ3n) is 3.55. The average Bonchev–Trinajstić information content (AvgIpc) is 2.41. The first-order chi connectivity index (χ1) is 9.82. The molecule has 0 aromatic heterocycles. The summed E-state index contributed by atoms with van der Waals surface area (Å²) in [5.41, 5.74) is 5.36. The predicted molar refractivity (Wildman–Crippen MR) is 85.7 cm³/mol. The van der Waals surface area contributed by atoms with Crippen molar-refractivity contribution in [2.45, 2.75) is 32.2 Å². The van der Waals surface area contributed by atoms with Crippen LogP contribution < -0.4 is 11.3 Å². The van der Waals surface area contributed by atoms with Gasteiger partial charge in [-0.15, -0.1) is 0 Å². The quantitative estimate of drug-likeness (QED) is 0.654. The molecule has 0 saturated heterocycles. The first-order valence-corrected chi connectivity index (χ1v) is 7.22. The highest BCUT2D eigenvalue weighted by Gasteiger charge is 2.18. The second-order valence-electron chi connectivity index (χ2n) is 6.14. The Balaban J connectivity index is 2.37. The number of halogens is 2. The Kier molecular flexibility index (Phi) is 4.67. The molecule has 0 fully saturated rings. The van der Waals surface area contributed by atoms with E-state index < -0.39 is 6.04 Å². The molecule has 3 N–H and O–H groups in total. The number of hydrazine groups is 1. The van der Waals surface area contributed by atoms with Crippen LogP contribution in [-0.4, -0.2) is 0 Å². The lowest BCUT2D eigenvalue weighted by Gasteiger charge is -2.22. The Morgan fingerprint density at radius 2 is 1.71 bits per heavy atom. The standard InChI is InChI=1S/C17H20ClFN2/c1-17(2,3)12-6-4-11(5-7-12)16(21-20)14-9-8-13(18)10-15(14)19/h4-10,16,21H,20H2,1-3H3. The zero-order chi connectivity index (χ0) is 15.6. The van der Waals surface area contributed by atoms with Crippen molar-refractivity contribution < 1.29 is 4.39 Å². The van der Waals surface area contributed by atoms with Gasteiger partial charge in [0.2, 0.25) is 0 Å². The minimum Gasteiger partial charge on any atom is -0.271 e. The molecule has 0 saturated carbocycles. The number of hydrogen-bond acceptors (Lipinski definition) is 2. The predicted octanol–water partition coefficient (Wildman–Crippen LogP) is 4.33. The fourth-order valence-electron chi connectivity index (χ4n) is 2.28. The van der Waals surface area contributed by atoms with Crippen molar-refractivity contribution in [1.29, 1.82) is 0 Å². The normalized spacial score (nSPS) is 13.2. The van der Waals surface area contributed by atoms with Crippen LogP contribution in [0.2, 0.25) is 5.02 Å². The van der Waals surface area contributed by atoms with Crippen LogP contribution in [0.5, 0.6) is 0 Å². The third-order valence-corrected chi connectivity index (χ3v) is 3.79. The summed E-state index contributed by atoms with van der Waals surface area (Å²) in [6, 6.07) is 12.2. The van der Waals surface area contributed by atoms with Gasteiger partial charge in [-0.2, -0.15) is 0 Å². The van der Waals surface area contributed by atoms with Gasteiger partial charge < -0.3 is 0 Å². The molecule has 1 atom stereocenters. The van der Waals surface area contributed by atoms with Crippen LogP contribution in [0.4, 0.5) is 4.39 Å². The monoisotopic (exact) mass is 306 g/mol. The van der Waals surface area contributed by atoms with Crippen molar-refractivity contribution in [2.75, 3.05) is 0 Å². The fourth-order valence-corrected chi connectivity index (χ4v) is 2.44. The Hall–Kier alpha value is -1.42. The lowest BCUT2D eigenvalue weighted by Crippen LogP contribution is -2.29. The van der Waals surface area contributed by atoms with E-state index in [9.17, 15) is 4.39 Å². The zero-order valence-electron chi connectivity index (χ0n) is 12.5. The number of nitrogens with two attached hydrogens (primary N) is 1. The smallest absolute Gasteiger partial charge is 0.129 e. The van der Waals surface area contributed by atoms with Crippen molar-refractivity contribution >= 4 is 11.6 Å². The number of hydrogen-bond donors (Lipinski definition) is 2. The maximum atomic E-state index is 14.1. The van der Waals surface area contributed by atoms with Crippen molar-refractivity contribution in [3.8, 4) is 0 Å². The van der Waals surface area contributed by atoms with Crippen LogP contribution in [-0.2, 0) is 5.41 Å². The molecule has 0 aliphatic heterocycles. The molecule has 2 aromatic carbocycles. The second-order valence-corrected chi connectivity index (χ2v) is 6.57. The van der Waals surface area contributed by atoms with Crippen LogP contribution in [0.25, 0.3) is 0 Å².